The molecular formula is C14H14N4. The van der Waals surface area contributed by atoms with E-state index in [0.717, 1.165) is 23.0 Å². The molecule has 18 heavy (non-hydrogen) atoms. The number of aromatic nitrogens is 4. The second-order valence-corrected chi connectivity index (χ2v) is 4.29. The van der Waals surface area contributed by atoms with Crippen LogP contribution in [0.25, 0.3) is 22.2 Å². The lowest BCUT2D eigenvalue weighted by molar-refractivity contribution is 0.786. The minimum Gasteiger partial charge on any atom is -0.264 e. The molecule has 0 unspecified atom stereocenters. The maximum atomic E-state index is 4.47. The second kappa shape index (κ2) is 4.22. The maximum absolute atomic E-state index is 4.47. The lowest BCUT2D eigenvalue weighted by atomic mass is 10.0. The molecule has 0 amide bonds. The van der Waals surface area contributed by atoms with Gasteiger partial charge in [-0.25, -0.2) is 4.98 Å². The fraction of sp³-hybridized carbons (Fsp3) is 0.214. The smallest absolute Gasteiger partial charge is 0.157 e. The molecule has 4 heteroatoms. The molecule has 0 saturated heterocycles. The van der Waals surface area contributed by atoms with Gasteiger partial charge in [0, 0.05) is 36.6 Å². The molecule has 0 atom stereocenters. The van der Waals surface area contributed by atoms with Gasteiger partial charge in [0.1, 0.15) is 0 Å². The van der Waals surface area contributed by atoms with Gasteiger partial charge in [0.05, 0.1) is 6.20 Å². The summed E-state index contributed by atoms with van der Waals surface area (Å²) in [4.78, 5) is 8.64. The van der Waals surface area contributed by atoms with Crippen LogP contribution < -0.4 is 0 Å². The third-order valence-corrected chi connectivity index (χ3v) is 3.17. The Hall–Kier alpha value is -2.23. The summed E-state index contributed by atoms with van der Waals surface area (Å²) in [7, 11) is 1.90. The van der Waals surface area contributed by atoms with Gasteiger partial charge in [-0.1, -0.05) is 6.92 Å². The van der Waals surface area contributed by atoms with Gasteiger partial charge in [-0.2, -0.15) is 5.10 Å². The van der Waals surface area contributed by atoms with E-state index >= 15 is 0 Å². The van der Waals surface area contributed by atoms with E-state index in [-0.39, 0.29) is 0 Å². The summed E-state index contributed by atoms with van der Waals surface area (Å²) in [5.74, 6) is 0. The largest absolute Gasteiger partial charge is 0.264 e. The molecule has 0 aliphatic heterocycles. The van der Waals surface area contributed by atoms with Crippen LogP contribution >= 0.6 is 0 Å². The minimum absolute atomic E-state index is 0.908. The van der Waals surface area contributed by atoms with Crippen molar-refractivity contribution in [1.29, 1.82) is 0 Å². The Balaban J connectivity index is 2.19. The Kier molecular flexibility index (Phi) is 2.55. The van der Waals surface area contributed by atoms with Crippen LogP contribution in [0.3, 0.4) is 0 Å². The summed E-state index contributed by atoms with van der Waals surface area (Å²) >= 11 is 0. The number of fused-ring (bicyclic) bond motifs is 1. The quantitative estimate of drug-likeness (QED) is 0.689. The van der Waals surface area contributed by atoms with E-state index in [4.69, 9.17) is 0 Å². The van der Waals surface area contributed by atoms with E-state index in [9.17, 15) is 0 Å². The monoisotopic (exact) mass is 238 g/mol. The van der Waals surface area contributed by atoms with Crippen LogP contribution in [-0.2, 0) is 13.5 Å². The average molecular weight is 238 g/mol. The van der Waals surface area contributed by atoms with Gasteiger partial charge >= 0.3 is 0 Å². The lowest BCUT2D eigenvalue weighted by Gasteiger charge is -2.06. The van der Waals surface area contributed by atoms with E-state index < -0.39 is 0 Å². The molecule has 0 N–H and O–H groups in total. The summed E-state index contributed by atoms with van der Waals surface area (Å²) in [6.45, 7) is 2.14. The van der Waals surface area contributed by atoms with Crippen LogP contribution in [0.1, 0.15) is 12.5 Å². The highest BCUT2D eigenvalue weighted by molar-refractivity contribution is 5.81. The predicted molar refractivity (Wildman–Crippen MR) is 71.1 cm³/mol. The fourth-order valence-corrected chi connectivity index (χ4v) is 2.18. The molecule has 0 fully saturated rings. The first-order valence-electron chi connectivity index (χ1n) is 6.00. The topological polar surface area (TPSA) is 43.6 Å². The van der Waals surface area contributed by atoms with Crippen molar-refractivity contribution in [2.75, 3.05) is 0 Å². The van der Waals surface area contributed by atoms with Gasteiger partial charge in [-0.05, 0) is 29.7 Å². The molecule has 0 aromatic carbocycles. The summed E-state index contributed by atoms with van der Waals surface area (Å²) < 4.78 is 1.78. The molecule has 0 aliphatic carbocycles. The molecule has 3 rings (SSSR count). The van der Waals surface area contributed by atoms with Gasteiger partial charge in [-0.15, -0.1) is 0 Å². The van der Waals surface area contributed by atoms with E-state index in [1.54, 1.807) is 4.68 Å². The Bertz CT molecular complexity index is 700. The Labute approximate surface area is 105 Å². The van der Waals surface area contributed by atoms with Crippen LogP contribution in [0.2, 0.25) is 0 Å². The van der Waals surface area contributed by atoms with Crippen molar-refractivity contribution in [3.63, 3.8) is 0 Å². The molecule has 0 spiro atoms. The summed E-state index contributed by atoms with van der Waals surface area (Å²) in [6, 6.07) is 4.17. The van der Waals surface area contributed by atoms with Crippen molar-refractivity contribution < 1.29 is 0 Å². The first-order chi connectivity index (χ1) is 8.79. The van der Waals surface area contributed by atoms with E-state index in [1.165, 1.54) is 11.1 Å². The van der Waals surface area contributed by atoms with Crippen LogP contribution in [-0.4, -0.2) is 19.7 Å². The number of hydrogen-bond acceptors (Lipinski definition) is 3. The molecular weight excluding hydrogens is 224 g/mol. The van der Waals surface area contributed by atoms with E-state index in [2.05, 4.69) is 28.1 Å². The van der Waals surface area contributed by atoms with Crippen molar-refractivity contribution in [3.05, 3.63) is 42.5 Å². The number of nitrogens with zero attached hydrogens (tertiary/aromatic N) is 4. The number of hydrogen-bond donors (Lipinski definition) is 0. The maximum Gasteiger partial charge on any atom is 0.157 e. The zero-order valence-corrected chi connectivity index (χ0v) is 10.5. The van der Waals surface area contributed by atoms with Crippen LogP contribution in [0.5, 0.6) is 0 Å². The summed E-state index contributed by atoms with van der Waals surface area (Å²) in [5.41, 5.74) is 4.47. The Morgan fingerprint density at radius 3 is 2.94 bits per heavy atom. The van der Waals surface area contributed by atoms with Gasteiger partial charge in [0.2, 0.25) is 0 Å². The summed E-state index contributed by atoms with van der Waals surface area (Å²) in [6.07, 6.45) is 8.45. The first kappa shape index (κ1) is 10.9. The van der Waals surface area contributed by atoms with Gasteiger partial charge in [0.15, 0.2) is 5.65 Å². The molecule has 0 bridgehead atoms. The van der Waals surface area contributed by atoms with Crippen LogP contribution in [0, 0.1) is 0 Å². The van der Waals surface area contributed by atoms with Gasteiger partial charge in [0.25, 0.3) is 0 Å². The Morgan fingerprint density at radius 2 is 2.11 bits per heavy atom. The van der Waals surface area contributed by atoms with Crippen molar-refractivity contribution in [2.24, 2.45) is 7.05 Å². The fourth-order valence-electron chi connectivity index (χ4n) is 2.18. The zero-order valence-electron chi connectivity index (χ0n) is 10.5. The predicted octanol–water partition coefficient (Wildman–Crippen LogP) is 2.59. The SMILES string of the molecule is CCc1cnccc1-c1cnc2c(cnn2C)c1. The third-order valence-electron chi connectivity index (χ3n) is 3.17. The van der Waals surface area contributed by atoms with Gasteiger partial charge in [-0.3, -0.25) is 9.67 Å². The number of rotatable bonds is 2. The van der Waals surface area contributed by atoms with Crippen LogP contribution in [0.4, 0.5) is 0 Å². The molecule has 0 saturated carbocycles. The summed E-state index contributed by atoms with van der Waals surface area (Å²) in [5, 5.41) is 5.28. The normalized spacial score (nSPS) is 11.0. The van der Waals surface area contributed by atoms with E-state index in [0.29, 0.717) is 0 Å². The first-order valence-corrected chi connectivity index (χ1v) is 6.00. The van der Waals surface area contributed by atoms with E-state index in [1.807, 2.05) is 37.9 Å². The standard InChI is InChI=1S/C14H14N4/c1-3-10-7-15-5-4-13(10)11-6-12-9-17-18(2)14(12)16-8-11/h4-9H,3H2,1-2H3. The molecule has 3 aromatic rings. The van der Waals surface area contributed by atoms with Crippen molar-refractivity contribution >= 4 is 11.0 Å². The highest BCUT2D eigenvalue weighted by atomic mass is 15.3. The van der Waals surface area contributed by atoms with Crippen LogP contribution in [0.15, 0.2) is 36.9 Å². The molecule has 90 valence electrons. The third kappa shape index (κ3) is 1.66. The highest BCUT2D eigenvalue weighted by Crippen LogP contribution is 2.25. The average Bonchev–Trinajstić information content (AvgIpc) is 2.80. The molecule has 4 nitrogen and oxygen atoms in total. The highest BCUT2D eigenvalue weighted by Gasteiger charge is 2.07. The molecule has 0 radical (unpaired) electrons. The second-order valence-electron chi connectivity index (χ2n) is 4.29. The zero-order chi connectivity index (χ0) is 12.5. The number of pyridine rings is 2. The van der Waals surface area contributed by atoms with Crippen molar-refractivity contribution in [3.8, 4) is 11.1 Å². The minimum atomic E-state index is 0.908. The molecule has 3 aromatic heterocycles. The molecule has 0 aliphatic rings. The molecule has 3 heterocycles. The van der Waals surface area contributed by atoms with Crippen molar-refractivity contribution in [2.45, 2.75) is 13.3 Å². The van der Waals surface area contributed by atoms with Crippen molar-refractivity contribution in [1.82, 2.24) is 19.7 Å². The van der Waals surface area contributed by atoms with Gasteiger partial charge < -0.3 is 0 Å². The Morgan fingerprint density at radius 1 is 1.22 bits per heavy atom. The lowest BCUT2D eigenvalue weighted by Crippen LogP contribution is -1.93. The number of aryl methyl sites for hydroxylation is 2.